The van der Waals surface area contributed by atoms with E-state index in [2.05, 4.69) is 38.3 Å². The van der Waals surface area contributed by atoms with Crippen molar-refractivity contribution in [2.45, 2.75) is 45.7 Å². The fraction of sp³-hybridized carbons (Fsp3) is 0.625. The first-order valence-electron chi connectivity index (χ1n) is 7.13. The van der Waals surface area contributed by atoms with Crippen LogP contribution < -0.4 is 15.4 Å². The zero-order chi connectivity index (χ0) is 14.1. The Balaban J connectivity index is 2.01. The minimum atomic E-state index is 0.187. The van der Waals surface area contributed by atoms with Gasteiger partial charge in [-0.2, -0.15) is 0 Å². The van der Waals surface area contributed by atoms with Crippen molar-refractivity contribution in [3.63, 3.8) is 0 Å². The fourth-order valence-corrected chi connectivity index (χ4v) is 1.66. The van der Waals surface area contributed by atoms with E-state index in [1.54, 1.807) is 0 Å². The lowest BCUT2D eigenvalue weighted by atomic mass is 10.1. The quantitative estimate of drug-likeness (QED) is 0.708. The monoisotopic (exact) mass is 264 g/mol. The Kier molecular flexibility index (Phi) is 6.89. The van der Waals surface area contributed by atoms with E-state index in [-0.39, 0.29) is 5.54 Å². The van der Waals surface area contributed by atoms with E-state index in [1.165, 1.54) is 0 Å². The molecule has 0 bridgehead atoms. The molecule has 0 aromatic heterocycles. The third-order valence-corrected chi connectivity index (χ3v) is 2.76. The Morgan fingerprint density at radius 1 is 1.16 bits per heavy atom. The Labute approximate surface area is 117 Å². The van der Waals surface area contributed by atoms with Gasteiger partial charge in [-0.3, -0.25) is 0 Å². The highest BCUT2D eigenvalue weighted by atomic mass is 16.5. The van der Waals surface area contributed by atoms with E-state index < -0.39 is 0 Å². The van der Waals surface area contributed by atoms with Crippen molar-refractivity contribution in [2.24, 2.45) is 0 Å². The molecule has 108 valence electrons. The minimum Gasteiger partial charge on any atom is -0.494 e. The SMILES string of the molecule is CC(CNC(C)(C)C)NCCCOc1ccccc1. The van der Waals surface area contributed by atoms with Gasteiger partial charge >= 0.3 is 0 Å². The molecule has 0 aliphatic carbocycles. The number of benzene rings is 1. The number of hydrogen-bond donors (Lipinski definition) is 2. The predicted molar refractivity (Wildman–Crippen MR) is 81.8 cm³/mol. The van der Waals surface area contributed by atoms with Gasteiger partial charge in [0.2, 0.25) is 0 Å². The van der Waals surface area contributed by atoms with Crippen LogP contribution in [0, 0.1) is 0 Å². The van der Waals surface area contributed by atoms with Gasteiger partial charge in [0.25, 0.3) is 0 Å². The first kappa shape index (κ1) is 16.0. The van der Waals surface area contributed by atoms with Crippen molar-refractivity contribution in [3.05, 3.63) is 30.3 Å². The van der Waals surface area contributed by atoms with Crippen molar-refractivity contribution < 1.29 is 4.74 Å². The lowest BCUT2D eigenvalue weighted by Crippen LogP contribution is -2.44. The van der Waals surface area contributed by atoms with Crippen molar-refractivity contribution in [1.82, 2.24) is 10.6 Å². The first-order valence-corrected chi connectivity index (χ1v) is 7.13. The summed E-state index contributed by atoms with van der Waals surface area (Å²) in [4.78, 5) is 0. The molecule has 0 fully saturated rings. The molecule has 0 saturated carbocycles. The molecular weight excluding hydrogens is 236 g/mol. The van der Waals surface area contributed by atoms with Crippen molar-refractivity contribution in [1.29, 1.82) is 0 Å². The minimum absolute atomic E-state index is 0.187. The van der Waals surface area contributed by atoms with Crippen LogP contribution in [0.5, 0.6) is 5.75 Å². The molecule has 2 N–H and O–H groups in total. The van der Waals surface area contributed by atoms with Crippen LogP contribution >= 0.6 is 0 Å². The second-order valence-corrected chi connectivity index (χ2v) is 6.00. The standard InChI is InChI=1S/C16H28N2O/c1-14(13-18-16(2,3)4)17-11-8-12-19-15-9-6-5-7-10-15/h5-7,9-10,14,17-18H,8,11-13H2,1-4H3. The van der Waals surface area contributed by atoms with E-state index in [4.69, 9.17) is 4.74 Å². The largest absolute Gasteiger partial charge is 0.494 e. The highest BCUT2D eigenvalue weighted by Gasteiger charge is 2.10. The van der Waals surface area contributed by atoms with Gasteiger partial charge in [0.05, 0.1) is 6.61 Å². The molecule has 0 aliphatic heterocycles. The molecule has 0 saturated heterocycles. The summed E-state index contributed by atoms with van der Waals surface area (Å²) in [5.41, 5.74) is 0.187. The Morgan fingerprint density at radius 3 is 2.47 bits per heavy atom. The van der Waals surface area contributed by atoms with Crippen LogP contribution in [0.15, 0.2) is 30.3 Å². The van der Waals surface area contributed by atoms with Crippen LogP contribution in [-0.2, 0) is 0 Å². The van der Waals surface area contributed by atoms with Gasteiger partial charge in [-0.25, -0.2) is 0 Å². The molecule has 0 amide bonds. The lowest BCUT2D eigenvalue weighted by Gasteiger charge is -2.24. The molecular formula is C16H28N2O. The normalized spacial score (nSPS) is 13.3. The van der Waals surface area contributed by atoms with Crippen LogP contribution in [0.4, 0.5) is 0 Å². The zero-order valence-electron chi connectivity index (χ0n) is 12.7. The maximum Gasteiger partial charge on any atom is 0.119 e. The summed E-state index contributed by atoms with van der Waals surface area (Å²) in [5, 5.41) is 6.99. The molecule has 0 heterocycles. The molecule has 1 aromatic rings. The molecule has 1 aromatic carbocycles. The van der Waals surface area contributed by atoms with Gasteiger partial charge in [-0.05, 0) is 52.8 Å². The van der Waals surface area contributed by atoms with E-state index >= 15 is 0 Å². The highest BCUT2D eigenvalue weighted by Crippen LogP contribution is 2.08. The Morgan fingerprint density at radius 2 is 1.84 bits per heavy atom. The topological polar surface area (TPSA) is 33.3 Å². The number of para-hydroxylation sites is 1. The molecule has 0 spiro atoms. The second-order valence-electron chi connectivity index (χ2n) is 6.00. The second kappa shape index (κ2) is 8.18. The molecule has 3 heteroatoms. The van der Waals surface area contributed by atoms with Gasteiger partial charge in [-0.1, -0.05) is 18.2 Å². The lowest BCUT2D eigenvalue weighted by molar-refractivity contribution is 0.303. The van der Waals surface area contributed by atoms with Gasteiger partial charge in [0.1, 0.15) is 5.75 Å². The van der Waals surface area contributed by atoms with Crippen LogP contribution in [0.25, 0.3) is 0 Å². The Hall–Kier alpha value is -1.06. The summed E-state index contributed by atoms with van der Waals surface area (Å²) in [6, 6.07) is 10.4. The predicted octanol–water partition coefficient (Wildman–Crippen LogP) is 2.82. The van der Waals surface area contributed by atoms with Gasteiger partial charge in [0, 0.05) is 18.1 Å². The smallest absolute Gasteiger partial charge is 0.119 e. The van der Waals surface area contributed by atoms with E-state index in [0.29, 0.717) is 6.04 Å². The van der Waals surface area contributed by atoms with Crippen molar-refractivity contribution in [2.75, 3.05) is 19.7 Å². The molecule has 1 atom stereocenters. The number of rotatable bonds is 8. The first-order chi connectivity index (χ1) is 8.97. The van der Waals surface area contributed by atoms with Gasteiger partial charge in [0.15, 0.2) is 0 Å². The van der Waals surface area contributed by atoms with E-state index in [0.717, 1.165) is 31.9 Å². The van der Waals surface area contributed by atoms with Crippen LogP contribution in [0.3, 0.4) is 0 Å². The highest BCUT2D eigenvalue weighted by molar-refractivity contribution is 5.20. The molecule has 1 rings (SSSR count). The molecule has 1 unspecified atom stereocenters. The molecule has 0 radical (unpaired) electrons. The van der Waals surface area contributed by atoms with Crippen molar-refractivity contribution in [3.8, 4) is 5.75 Å². The maximum atomic E-state index is 5.65. The summed E-state index contributed by atoms with van der Waals surface area (Å²) >= 11 is 0. The van der Waals surface area contributed by atoms with Crippen LogP contribution in [0.2, 0.25) is 0 Å². The van der Waals surface area contributed by atoms with Gasteiger partial charge in [-0.15, -0.1) is 0 Å². The average Bonchev–Trinajstić information content (AvgIpc) is 2.36. The Bertz CT molecular complexity index is 332. The van der Waals surface area contributed by atoms with Crippen LogP contribution in [0.1, 0.15) is 34.1 Å². The van der Waals surface area contributed by atoms with Crippen molar-refractivity contribution >= 4 is 0 Å². The number of hydrogen-bond acceptors (Lipinski definition) is 3. The van der Waals surface area contributed by atoms with Crippen LogP contribution in [-0.4, -0.2) is 31.3 Å². The summed E-state index contributed by atoms with van der Waals surface area (Å²) in [7, 11) is 0. The zero-order valence-corrected chi connectivity index (χ0v) is 12.7. The molecule has 0 aliphatic rings. The maximum absolute atomic E-state index is 5.65. The number of ether oxygens (including phenoxy) is 1. The third-order valence-electron chi connectivity index (χ3n) is 2.76. The van der Waals surface area contributed by atoms with E-state index in [1.807, 2.05) is 30.3 Å². The summed E-state index contributed by atoms with van der Waals surface area (Å²) in [5.74, 6) is 0.949. The molecule has 19 heavy (non-hydrogen) atoms. The molecule has 3 nitrogen and oxygen atoms in total. The summed E-state index contributed by atoms with van der Waals surface area (Å²) in [6.07, 6.45) is 1.02. The fourth-order valence-electron chi connectivity index (χ4n) is 1.66. The summed E-state index contributed by atoms with van der Waals surface area (Å²) < 4.78 is 5.65. The summed E-state index contributed by atoms with van der Waals surface area (Å²) in [6.45, 7) is 11.5. The average molecular weight is 264 g/mol. The third kappa shape index (κ3) is 8.62. The van der Waals surface area contributed by atoms with Gasteiger partial charge < -0.3 is 15.4 Å². The number of nitrogens with one attached hydrogen (secondary N) is 2. The van der Waals surface area contributed by atoms with E-state index in [9.17, 15) is 0 Å².